The van der Waals surface area contributed by atoms with Crippen molar-refractivity contribution in [2.45, 2.75) is 38.0 Å². The molecule has 1 aliphatic rings. The van der Waals surface area contributed by atoms with E-state index in [1.54, 1.807) is 12.1 Å². The molecular formula is C14H19F3N2. The van der Waals surface area contributed by atoms with Crippen molar-refractivity contribution in [3.05, 3.63) is 35.4 Å². The van der Waals surface area contributed by atoms with Crippen LogP contribution in [0.1, 0.15) is 36.9 Å². The van der Waals surface area contributed by atoms with Gasteiger partial charge >= 0.3 is 6.18 Å². The van der Waals surface area contributed by atoms with E-state index in [1.807, 2.05) is 11.8 Å². The fourth-order valence-electron chi connectivity index (χ4n) is 2.71. The zero-order valence-electron chi connectivity index (χ0n) is 11.0. The quantitative estimate of drug-likeness (QED) is 0.896. The highest BCUT2D eigenvalue weighted by Crippen LogP contribution is 2.36. The molecule has 0 spiro atoms. The van der Waals surface area contributed by atoms with E-state index in [-0.39, 0.29) is 12.1 Å². The van der Waals surface area contributed by atoms with Crippen molar-refractivity contribution in [3.8, 4) is 0 Å². The van der Waals surface area contributed by atoms with Crippen LogP contribution in [0.4, 0.5) is 13.2 Å². The zero-order chi connectivity index (χ0) is 14.0. The van der Waals surface area contributed by atoms with Gasteiger partial charge in [-0.15, -0.1) is 0 Å². The van der Waals surface area contributed by atoms with Gasteiger partial charge in [0.15, 0.2) is 0 Å². The molecule has 0 aromatic heterocycles. The van der Waals surface area contributed by atoms with Crippen molar-refractivity contribution < 1.29 is 13.2 Å². The van der Waals surface area contributed by atoms with E-state index in [0.29, 0.717) is 12.1 Å². The average molecular weight is 272 g/mol. The van der Waals surface area contributed by atoms with Crippen LogP contribution in [-0.4, -0.2) is 24.0 Å². The molecule has 2 atom stereocenters. The van der Waals surface area contributed by atoms with E-state index in [2.05, 4.69) is 0 Å². The van der Waals surface area contributed by atoms with Gasteiger partial charge in [0.25, 0.3) is 0 Å². The summed E-state index contributed by atoms with van der Waals surface area (Å²) >= 11 is 0. The van der Waals surface area contributed by atoms with E-state index in [9.17, 15) is 13.2 Å². The van der Waals surface area contributed by atoms with Gasteiger partial charge in [0, 0.05) is 18.6 Å². The van der Waals surface area contributed by atoms with E-state index in [1.165, 1.54) is 6.07 Å². The average Bonchev–Trinajstić information content (AvgIpc) is 2.37. The smallest absolute Gasteiger partial charge is 0.327 e. The van der Waals surface area contributed by atoms with Gasteiger partial charge in [0.2, 0.25) is 0 Å². The highest BCUT2D eigenvalue weighted by Gasteiger charge is 2.35. The number of likely N-dealkylation sites (tertiary alicyclic amines) is 1. The first-order valence-corrected chi connectivity index (χ1v) is 6.55. The topological polar surface area (TPSA) is 29.3 Å². The number of nitrogens with two attached hydrogens (primary N) is 1. The first kappa shape index (κ1) is 14.3. The largest absolute Gasteiger partial charge is 0.416 e. The number of nitrogens with zero attached hydrogens (tertiary/aromatic N) is 1. The second-order valence-corrected chi connectivity index (χ2v) is 5.16. The molecular weight excluding hydrogens is 253 g/mol. The highest BCUT2D eigenvalue weighted by molar-refractivity contribution is 5.32. The maximum Gasteiger partial charge on any atom is 0.416 e. The fraction of sp³-hybridized carbons (Fsp3) is 0.571. The third-order valence-corrected chi connectivity index (χ3v) is 3.75. The first-order chi connectivity index (χ1) is 8.89. The van der Waals surface area contributed by atoms with E-state index in [4.69, 9.17) is 5.73 Å². The van der Waals surface area contributed by atoms with Gasteiger partial charge in [0.05, 0.1) is 5.56 Å². The third kappa shape index (κ3) is 3.28. The summed E-state index contributed by atoms with van der Waals surface area (Å²) in [6.45, 7) is 3.29. The second-order valence-electron chi connectivity index (χ2n) is 5.16. The van der Waals surface area contributed by atoms with Crippen molar-refractivity contribution in [1.29, 1.82) is 0 Å². The summed E-state index contributed by atoms with van der Waals surface area (Å²) in [5, 5.41) is 0. The van der Waals surface area contributed by atoms with Crippen molar-refractivity contribution in [2.24, 2.45) is 5.73 Å². The molecule has 0 radical (unpaired) electrons. The van der Waals surface area contributed by atoms with E-state index < -0.39 is 11.7 Å². The minimum atomic E-state index is -4.30. The van der Waals surface area contributed by atoms with Crippen LogP contribution in [0.25, 0.3) is 0 Å². The summed E-state index contributed by atoms with van der Waals surface area (Å²) in [6.07, 6.45) is -2.41. The molecule has 106 valence electrons. The van der Waals surface area contributed by atoms with E-state index in [0.717, 1.165) is 25.5 Å². The lowest BCUT2D eigenvalue weighted by Gasteiger charge is -2.36. The Balaban J connectivity index is 2.26. The number of halogens is 3. The van der Waals surface area contributed by atoms with Gasteiger partial charge in [-0.1, -0.05) is 18.2 Å². The lowest BCUT2D eigenvalue weighted by atomic mass is 9.97. The van der Waals surface area contributed by atoms with Gasteiger partial charge in [-0.25, -0.2) is 0 Å². The highest BCUT2D eigenvalue weighted by atomic mass is 19.4. The van der Waals surface area contributed by atoms with Crippen molar-refractivity contribution in [3.63, 3.8) is 0 Å². The summed E-state index contributed by atoms with van der Waals surface area (Å²) in [7, 11) is 0. The van der Waals surface area contributed by atoms with Gasteiger partial charge in [-0.3, -0.25) is 4.90 Å². The van der Waals surface area contributed by atoms with Crippen LogP contribution in [0, 0.1) is 0 Å². The predicted octanol–water partition coefficient (Wildman–Crippen LogP) is 3.19. The van der Waals surface area contributed by atoms with Gasteiger partial charge in [-0.05, 0) is 37.9 Å². The van der Waals surface area contributed by atoms with Crippen molar-refractivity contribution in [1.82, 2.24) is 4.90 Å². The minimum absolute atomic E-state index is 0.0641. The van der Waals surface area contributed by atoms with Gasteiger partial charge in [-0.2, -0.15) is 13.2 Å². The molecule has 2 nitrogen and oxygen atoms in total. The lowest BCUT2D eigenvalue weighted by Crippen LogP contribution is -2.44. The lowest BCUT2D eigenvalue weighted by molar-refractivity contribution is -0.138. The molecule has 19 heavy (non-hydrogen) atoms. The van der Waals surface area contributed by atoms with Crippen LogP contribution >= 0.6 is 0 Å². The molecule has 2 N–H and O–H groups in total. The molecule has 0 bridgehead atoms. The molecule has 1 aromatic rings. The summed E-state index contributed by atoms with van der Waals surface area (Å²) in [5.41, 5.74) is 5.70. The predicted molar refractivity (Wildman–Crippen MR) is 68.6 cm³/mol. The molecule has 2 rings (SSSR count). The minimum Gasteiger partial charge on any atom is -0.327 e. The number of benzene rings is 1. The summed E-state index contributed by atoms with van der Waals surface area (Å²) in [4.78, 5) is 2.04. The standard InChI is InChI=1S/C14H19F3N2/c1-10(19-8-4-5-11(18)9-19)12-6-2-3-7-13(12)14(15,16)17/h2-3,6-7,10-11H,4-5,8-9,18H2,1H3. The Morgan fingerprint density at radius 3 is 2.63 bits per heavy atom. The molecule has 0 amide bonds. The maximum absolute atomic E-state index is 13.0. The fourth-order valence-corrected chi connectivity index (χ4v) is 2.71. The number of alkyl halides is 3. The normalized spacial score (nSPS) is 23.3. The Labute approximate surface area is 111 Å². The van der Waals surface area contributed by atoms with Crippen LogP contribution in [-0.2, 0) is 6.18 Å². The molecule has 5 heteroatoms. The number of piperidine rings is 1. The SMILES string of the molecule is CC(c1ccccc1C(F)(F)F)N1CCCC(N)C1. The Morgan fingerprint density at radius 2 is 2.00 bits per heavy atom. The molecule has 1 aliphatic heterocycles. The summed E-state index contributed by atoms with van der Waals surface area (Å²) in [5.74, 6) is 0. The molecule has 1 fully saturated rings. The molecule has 0 aliphatic carbocycles. The first-order valence-electron chi connectivity index (χ1n) is 6.55. The Kier molecular flexibility index (Phi) is 4.16. The number of rotatable bonds is 2. The second kappa shape index (κ2) is 5.51. The number of hydrogen-bond donors (Lipinski definition) is 1. The Bertz CT molecular complexity index is 431. The van der Waals surface area contributed by atoms with Gasteiger partial charge < -0.3 is 5.73 Å². The summed E-state index contributed by atoms with van der Waals surface area (Å²) < 4.78 is 39.0. The Morgan fingerprint density at radius 1 is 1.32 bits per heavy atom. The summed E-state index contributed by atoms with van der Waals surface area (Å²) in [6, 6.07) is 5.60. The van der Waals surface area contributed by atoms with Crippen LogP contribution in [0.3, 0.4) is 0 Å². The van der Waals surface area contributed by atoms with Crippen LogP contribution in [0.2, 0.25) is 0 Å². The van der Waals surface area contributed by atoms with Crippen molar-refractivity contribution >= 4 is 0 Å². The van der Waals surface area contributed by atoms with Gasteiger partial charge in [0.1, 0.15) is 0 Å². The third-order valence-electron chi connectivity index (χ3n) is 3.75. The number of hydrogen-bond acceptors (Lipinski definition) is 2. The molecule has 1 saturated heterocycles. The van der Waals surface area contributed by atoms with E-state index >= 15 is 0 Å². The van der Waals surface area contributed by atoms with Crippen LogP contribution in [0.5, 0.6) is 0 Å². The van der Waals surface area contributed by atoms with Crippen LogP contribution < -0.4 is 5.73 Å². The zero-order valence-corrected chi connectivity index (χ0v) is 11.0. The van der Waals surface area contributed by atoms with Crippen LogP contribution in [0.15, 0.2) is 24.3 Å². The maximum atomic E-state index is 13.0. The monoisotopic (exact) mass is 272 g/mol. The Hall–Kier alpha value is -1.07. The van der Waals surface area contributed by atoms with Crippen molar-refractivity contribution in [2.75, 3.05) is 13.1 Å². The molecule has 1 aromatic carbocycles. The molecule has 1 heterocycles. The molecule has 0 saturated carbocycles. The molecule has 2 unspecified atom stereocenters.